The van der Waals surface area contributed by atoms with Gasteiger partial charge in [-0.3, -0.25) is 0 Å². The number of benzene rings is 3. The summed E-state index contributed by atoms with van der Waals surface area (Å²) < 4.78 is 1.63. The molecule has 0 N–H and O–H groups in total. The van der Waals surface area contributed by atoms with Crippen molar-refractivity contribution in [1.29, 1.82) is 0 Å². The first-order chi connectivity index (χ1) is 15.7. The number of nitrogens with zero attached hydrogens (tertiary/aromatic N) is 2. The highest BCUT2D eigenvalue weighted by Gasteiger charge is 2.36. The molecule has 32 heavy (non-hydrogen) atoms. The molecule has 1 heterocycles. The van der Waals surface area contributed by atoms with E-state index in [9.17, 15) is 9.90 Å². The largest absolute Gasteiger partial charge is 0.549 e. The second-order valence-electron chi connectivity index (χ2n) is 7.19. The van der Waals surface area contributed by atoms with Crippen molar-refractivity contribution in [3.8, 4) is 0 Å². The summed E-state index contributed by atoms with van der Waals surface area (Å²) in [6, 6.07) is 31.8. The van der Waals surface area contributed by atoms with Crippen LogP contribution in [0.2, 0.25) is 0 Å². The van der Waals surface area contributed by atoms with Gasteiger partial charge in [0.15, 0.2) is 5.16 Å². The molecule has 0 unspecified atom stereocenters. The van der Waals surface area contributed by atoms with Gasteiger partial charge in [0.25, 0.3) is 0 Å². The molecule has 0 aliphatic rings. The number of hydrogen-bond donors (Lipinski definition) is 0. The fourth-order valence-corrected chi connectivity index (χ4v) is 6.00. The van der Waals surface area contributed by atoms with Gasteiger partial charge >= 0.3 is 0 Å². The first-order valence-corrected chi connectivity index (χ1v) is 12.3. The average molecular weight is 460 g/mol. The Balaban J connectivity index is 1.68. The fraction of sp³-hybridized carbons (Fsp3) is 0.154. The molecule has 0 radical (unpaired) electrons. The molecule has 162 valence electrons. The zero-order chi connectivity index (χ0) is 22.2. The van der Waals surface area contributed by atoms with Gasteiger partial charge in [-0.25, -0.2) is 4.98 Å². The molecule has 3 aromatic carbocycles. The SMILES string of the molecule is O=C([O-])CSc1nccn1CCSC(c1ccccc1)(c1ccccc1)c1ccccc1. The Morgan fingerprint density at radius 3 is 1.81 bits per heavy atom. The Morgan fingerprint density at radius 1 is 0.844 bits per heavy atom. The van der Waals surface area contributed by atoms with Crippen molar-refractivity contribution < 1.29 is 9.90 Å². The van der Waals surface area contributed by atoms with Crippen molar-refractivity contribution >= 4 is 29.5 Å². The summed E-state index contributed by atoms with van der Waals surface area (Å²) in [4.78, 5) is 15.2. The monoisotopic (exact) mass is 459 g/mol. The summed E-state index contributed by atoms with van der Waals surface area (Å²) in [5.74, 6) is -0.379. The van der Waals surface area contributed by atoms with Gasteiger partial charge in [0.1, 0.15) is 0 Å². The van der Waals surface area contributed by atoms with Crippen molar-refractivity contribution in [2.75, 3.05) is 11.5 Å². The minimum atomic E-state index is -1.09. The van der Waals surface area contributed by atoms with Gasteiger partial charge in [-0.15, -0.1) is 11.8 Å². The molecule has 0 aliphatic carbocycles. The standard InChI is InChI=1S/C26H24N2O2S2/c29-24(30)20-31-25-27-16-17-28(25)18-19-32-26(21-10-4-1-5-11-21,22-12-6-2-7-13-22)23-14-8-3-9-15-23/h1-17H,18-20H2,(H,29,30)/p-1. The summed E-state index contributed by atoms with van der Waals surface area (Å²) in [6.07, 6.45) is 3.61. The summed E-state index contributed by atoms with van der Waals surface area (Å²) in [5, 5.41) is 11.5. The van der Waals surface area contributed by atoms with Gasteiger partial charge < -0.3 is 14.5 Å². The number of aryl methyl sites for hydroxylation is 1. The molecule has 6 heteroatoms. The summed E-state index contributed by atoms with van der Waals surface area (Å²) in [5.41, 5.74) is 3.67. The molecule has 0 aliphatic heterocycles. The van der Waals surface area contributed by atoms with E-state index in [2.05, 4.69) is 77.8 Å². The summed E-state index contributed by atoms with van der Waals surface area (Å²) in [6.45, 7) is 0.717. The smallest absolute Gasteiger partial charge is 0.168 e. The van der Waals surface area contributed by atoms with Crippen LogP contribution in [0.1, 0.15) is 16.7 Å². The number of aromatic nitrogens is 2. The number of carboxylic acid groups (broad SMARTS) is 1. The zero-order valence-electron chi connectivity index (χ0n) is 17.5. The van der Waals surface area contributed by atoms with Crippen LogP contribution in [-0.2, 0) is 16.1 Å². The third-order valence-electron chi connectivity index (χ3n) is 5.19. The Morgan fingerprint density at radius 2 is 1.34 bits per heavy atom. The first-order valence-electron chi connectivity index (χ1n) is 10.3. The van der Waals surface area contributed by atoms with E-state index in [1.807, 2.05) is 40.7 Å². The minimum absolute atomic E-state index is 0.105. The van der Waals surface area contributed by atoms with Crippen LogP contribution in [0.4, 0.5) is 0 Å². The summed E-state index contributed by atoms with van der Waals surface area (Å²) >= 11 is 3.06. The van der Waals surface area contributed by atoms with E-state index in [-0.39, 0.29) is 10.5 Å². The molecule has 1 aromatic heterocycles. The van der Waals surface area contributed by atoms with E-state index in [0.717, 1.165) is 5.75 Å². The molecular formula is C26H23N2O2S2-. The van der Waals surface area contributed by atoms with Gasteiger partial charge in [0.2, 0.25) is 0 Å². The lowest BCUT2D eigenvalue weighted by Gasteiger charge is -2.35. The molecule has 0 spiro atoms. The maximum absolute atomic E-state index is 10.8. The molecule has 0 atom stereocenters. The van der Waals surface area contributed by atoms with Crippen LogP contribution in [-0.4, -0.2) is 27.0 Å². The second-order valence-corrected chi connectivity index (χ2v) is 9.44. The Hall–Kier alpha value is -2.96. The van der Waals surface area contributed by atoms with Crippen LogP contribution in [0.3, 0.4) is 0 Å². The lowest BCUT2D eigenvalue weighted by atomic mass is 9.84. The highest BCUT2D eigenvalue weighted by molar-refractivity contribution is 8.00. The predicted octanol–water partition coefficient (Wildman–Crippen LogP) is 4.45. The molecular weight excluding hydrogens is 436 g/mol. The van der Waals surface area contributed by atoms with Crippen molar-refractivity contribution in [2.24, 2.45) is 0 Å². The highest BCUT2D eigenvalue weighted by Crippen LogP contribution is 2.48. The number of aliphatic carboxylic acids is 1. The number of hydrogen-bond acceptors (Lipinski definition) is 5. The number of carboxylic acids is 1. The second kappa shape index (κ2) is 10.6. The van der Waals surface area contributed by atoms with Crippen molar-refractivity contribution in [1.82, 2.24) is 9.55 Å². The molecule has 0 fully saturated rings. The van der Waals surface area contributed by atoms with Crippen molar-refractivity contribution in [3.05, 3.63) is 120 Å². The number of carbonyl (C=O) groups excluding carboxylic acids is 1. The predicted molar refractivity (Wildman–Crippen MR) is 130 cm³/mol. The van der Waals surface area contributed by atoms with E-state index in [0.29, 0.717) is 11.7 Å². The fourth-order valence-electron chi connectivity index (χ4n) is 3.79. The van der Waals surface area contributed by atoms with E-state index >= 15 is 0 Å². The molecule has 4 aromatic rings. The molecule has 0 bridgehead atoms. The zero-order valence-corrected chi connectivity index (χ0v) is 19.1. The van der Waals surface area contributed by atoms with Crippen LogP contribution in [0.5, 0.6) is 0 Å². The topological polar surface area (TPSA) is 57.9 Å². The van der Waals surface area contributed by atoms with Crippen LogP contribution in [0.15, 0.2) is 109 Å². The van der Waals surface area contributed by atoms with E-state index in [1.165, 1.54) is 28.5 Å². The van der Waals surface area contributed by atoms with Crippen LogP contribution < -0.4 is 5.11 Å². The van der Waals surface area contributed by atoms with E-state index < -0.39 is 5.97 Å². The lowest BCUT2D eigenvalue weighted by Crippen LogP contribution is -2.26. The quantitative estimate of drug-likeness (QED) is 0.259. The molecule has 0 saturated heterocycles. The number of rotatable bonds is 10. The highest BCUT2D eigenvalue weighted by atomic mass is 32.2. The third-order valence-corrected chi connectivity index (χ3v) is 7.69. The van der Waals surface area contributed by atoms with Gasteiger partial charge in [-0.05, 0) is 16.7 Å². The normalized spacial score (nSPS) is 11.4. The average Bonchev–Trinajstić information content (AvgIpc) is 3.29. The number of carbonyl (C=O) groups is 1. The van der Waals surface area contributed by atoms with Gasteiger partial charge in [0.05, 0.1) is 10.7 Å². The Bertz CT molecular complexity index is 1040. The molecule has 0 amide bonds. The van der Waals surface area contributed by atoms with E-state index in [1.54, 1.807) is 6.20 Å². The summed E-state index contributed by atoms with van der Waals surface area (Å²) in [7, 11) is 0. The van der Waals surface area contributed by atoms with Gasteiger partial charge in [-0.1, -0.05) is 103 Å². The maximum atomic E-state index is 10.8. The van der Waals surface area contributed by atoms with Gasteiger partial charge in [-0.2, -0.15) is 0 Å². The molecule has 0 saturated carbocycles. The van der Waals surface area contributed by atoms with Crippen LogP contribution in [0.25, 0.3) is 0 Å². The molecule has 4 rings (SSSR count). The molecule has 4 nitrogen and oxygen atoms in total. The maximum Gasteiger partial charge on any atom is 0.168 e. The van der Waals surface area contributed by atoms with Crippen LogP contribution >= 0.6 is 23.5 Å². The Kier molecular flexibility index (Phi) is 7.35. The number of imidazole rings is 1. The van der Waals surface area contributed by atoms with Crippen molar-refractivity contribution in [2.45, 2.75) is 16.4 Å². The minimum Gasteiger partial charge on any atom is -0.549 e. The van der Waals surface area contributed by atoms with Gasteiger partial charge in [0, 0.05) is 30.4 Å². The van der Waals surface area contributed by atoms with Crippen LogP contribution in [0, 0.1) is 0 Å². The Labute approximate surface area is 196 Å². The van der Waals surface area contributed by atoms with E-state index in [4.69, 9.17) is 0 Å². The third kappa shape index (κ3) is 4.92. The first kappa shape index (κ1) is 22.2. The number of thioether (sulfide) groups is 2. The van der Waals surface area contributed by atoms with Crippen molar-refractivity contribution in [3.63, 3.8) is 0 Å². The lowest BCUT2D eigenvalue weighted by molar-refractivity contribution is -0.301.